The van der Waals surface area contributed by atoms with Crippen molar-refractivity contribution >= 4 is 11.2 Å². The lowest BCUT2D eigenvalue weighted by molar-refractivity contribution is 0.740. The number of hydrogen-bond acceptors (Lipinski definition) is 5. The first-order valence-electron chi connectivity index (χ1n) is 10.1. The van der Waals surface area contributed by atoms with Gasteiger partial charge in [0.05, 0.1) is 6.54 Å². The predicted octanol–water partition coefficient (Wildman–Crippen LogP) is 4.20. The van der Waals surface area contributed by atoms with E-state index in [0.29, 0.717) is 11.7 Å². The molecule has 30 heavy (non-hydrogen) atoms. The first-order chi connectivity index (χ1) is 14.9. The van der Waals surface area contributed by atoms with Crippen molar-refractivity contribution in [3.8, 4) is 22.5 Å². The largest absolute Gasteiger partial charge is 0.308 e. The molecular formula is C23H19N7. The summed E-state index contributed by atoms with van der Waals surface area (Å²) in [6, 6.07) is 20.8. The van der Waals surface area contributed by atoms with Crippen molar-refractivity contribution in [2.45, 2.75) is 25.3 Å². The van der Waals surface area contributed by atoms with Crippen LogP contribution in [-0.4, -0.2) is 35.2 Å². The molecule has 3 heterocycles. The van der Waals surface area contributed by atoms with Crippen LogP contribution >= 0.6 is 0 Å². The maximum absolute atomic E-state index is 4.85. The molecule has 0 unspecified atom stereocenters. The Labute approximate surface area is 172 Å². The van der Waals surface area contributed by atoms with Gasteiger partial charge in [0.1, 0.15) is 11.3 Å². The van der Waals surface area contributed by atoms with Crippen LogP contribution in [0.4, 0.5) is 0 Å². The van der Waals surface area contributed by atoms with E-state index < -0.39 is 0 Å². The molecule has 7 nitrogen and oxygen atoms in total. The summed E-state index contributed by atoms with van der Waals surface area (Å²) in [7, 11) is 0. The van der Waals surface area contributed by atoms with Crippen molar-refractivity contribution in [2.24, 2.45) is 0 Å². The van der Waals surface area contributed by atoms with Gasteiger partial charge in [-0.15, -0.1) is 10.2 Å². The molecule has 2 aromatic carbocycles. The number of nitrogens with zero attached hydrogens (tertiary/aromatic N) is 6. The number of rotatable bonds is 5. The molecule has 1 N–H and O–H groups in total. The highest BCUT2D eigenvalue weighted by Gasteiger charge is 2.29. The first kappa shape index (κ1) is 17.0. The third-order valence-electron chi connectivity index (χ3n) is 5.59. The zero-order valence-corrected chi connectivity index (χ0v) is 16.2. The molecular weight excluding hydrogens is 374 g/mol. The molecule has 1 fully saturated rings. The normalized spacial score (nSPS) is 13.7. The summed E-state index contributed by atoms with van der Waals surface area (Å²) in [6.07, 6.45) is 4.28. The van der Waals surface area contributed by atoms with Crippen LogP contribution < -0.4 is 0 Å². The van der Waals surface area contributed by atoms with Crippen LogP contribution in [0.15, 0.2) is 66.9 Å². The van der Waals surface area contributed by atoms with Gasteiger partial charge in [-0.1, -0.05) is 48.5 Å². The number of aromatic amines is 1. The van der Waals surface area contributed by atoms with Crippen molar-refractivity contribution in [2.75, 3.05) is 0 Å². The third-order valence-corrected chi connectivity index (χ3v) is 5.59. The van der Waals surface area contributed by atoms with Crippen molar-refractivity contribution in [1.29, 1.82) is 0 Å². The van der Waals surface area contributed by atoms with Gasteiger partial charge in [-0.25, -0.2) is 9.97 Å². The Bertz CT molecular complexity index is 1320. The molecule has 6 rings (SSSR count). The minimum atomic E-state index is 0.570. The summed E-state index contributed by atoms with van der Waals surface area (Å²) in [5, 5.41) is 14.5. The number of aromatic nitrogens is 7. The molecule has 3 aromatic heterocycles. The molecule has 146 valence electrons. The Morgan fingerprint density at radius 1 is 0.933 bits per heavy atom. The third kappa shape index (κ3) is 2.95. The number of fused-ring (bicyclic) bond motifs is 1. The van der Waals surface area contributed by atoms with Crippen LogP contribution in [0.1, 0.15) is 30.1 Å². The lowest BCUT2D eigenvalue weighted by Gasteiger charge is -2.10. The lowest BCUT2D eigenvalue weighted by Crippen LogP contribution is -2.05. The standard InChI is InChI=1S/C23H19N7/c1-2-5-19(21-26-28-29-27-21)18(4-1)16-9-7-15(8-10-16)14-30-22(17-11-12-17)25-20-6-3-13-24-23(20)30/h1-10,13,17H,11-12,14H2,(H,26,27,28,29). The van der Waals surface area contributed by atoms with Crippen LogP contribution in [-0.2, 0) is 6.54 Å². The van der Waals surface area contributed by atoms with E-state index in [9.17, 15) is 0 Å². The molecule has 0 radical (unpaired) electrons. The summed E-state index contributed by atoms with van der Waals surface area (Å²) in [6.45, 7) is 0.770. The molecule has 7 heteroatoms. The van der Waals surface area contributed by atoms with E-state index in [0.717, 1.165) is 40.2 Å². The minimum Gasteiger partial charge on any atom is -0.308 e. The van der Waals surface area contributed by atoms with E-state index in [1.165, 1.54) is 18.4 Å². The summed E-state index contributed by atoms with van der Waals surface area (Å²) < 4.78 is 2.27. The summed E-state index contributed by atoms with van der Waals surface area (Å²) >= 11 is 0. The average Bonchev–Trinajstić information content (AvgIpc) is 3.37. The molecule has 0 amide bonds. The number of hydrogen-bond donors (Lipinski definition) is 1. The molecule has 1 aliphatic rings. The van der Waals surface area contributed by atoms with Gasteiger partial charge >= 0.3 is 0 Å². The number of benzene rings is 2. The Balaban J connectivity index is 1.35. The monoisotopic (exact) mass is 393 g/mol. The van der Waals surface area contributed by atoms with Crippen molar-refractivity contribution in [3.05, 3.63) is 78.2 Å². The molecule has 0 spiro atoms. The minimum absolute atomic E-state index is 0.570. The van der Waals surface area contributed by atoms with Gasteiger partial charge in [0.25, 0.3) is 0 Å². The number of nitrogens with one attached hydrogen (secondary N) is 1. The van der Waals surface area contributed by atoms with E-state index in [2.05, 4.69) is 60.5 Å². The molecule has 0 aliphatic heterocycles. The second-order valence-corrected chi connectivity index (χ2v) is 7.65. The van der Waals surface area contributed by atoms with E-state index in [1.807, 2.05) is 36.5 Å². The zero-order chi connectivity index (χ0) is 19.9. The van der Waals surface area contributed by atoms with Gasteiger partial charge in [-0.05, 0) is 46.9 Å². The molecule has 0 bridgehead atoms. The summed E-state index contributed by atoms with van der Waals surface area (Å²) in [4.78, 5) is 9.44. The Morgan fingerprint density at radius 3 is 2.53 bits per heavy atom. The maximum atomic E-state index is 4.85. The van der Waals surface area contributed by atoms with Crippen LogP contribution in [0.5, 0.6) is 0 Å². The predicted molar refractivity (Wildman–Crippen MR) is 114 cm³/mol. The molecule has 0 saturated heterocycles. The number of pyridine rings is 1. The van der Waals surface area contributed by atoms with Crippen LogP contribution in [0.3, 0.4) is 0 Å². The van der Waals surface area contributed by atoms with Gasteiger partial charge in [-0.3, -0.25) is 0 Å². The average molecular weight is 393 g/mol. The molecule has 0 atom stereocenters. The first-order valence-corrected chi connectivity index (χ1v) is 10.1. The van der Waals surface area contributed by atoms with Crippen LogP contribution in [0.25, 0.3) is 33.7 Å². The van der Waals surface area contributed by atoms with Crippen LogP contribution in [0.2, 0.25) is 0 Å². The highest BCUT2D eigenvalue weighted by molar-refractivity contribution is 5.80. The highest BCUT2D eigenvalue weighted by atomic mass is 15.5. The summed E-state index contributed by atoms with van der Waals surface area (Å²) in [5.74, 6) is 2.33. The van der Waals surface area contributed by atoms with E-state index in [4.69, 9.17) is 4.98 Å². The van der Waals surface area contributed by atoms with Crippen molar-refractivity contribution < 1.29 is 0 Å². The second-order valence-electron chi connectivity index (χ2n) is 7.65. The Morgan fingerprint density at radius 2 is 1.77 bits per heavy atom. The van der Waals surface area contributed by atoms with Gasteiger partial charge in [0.15, 0.2) is 5.65 Å². The fourth-order valence-corrected chi connectivity index (χ4v) is 3.96. The molecule has 1 saturated carbocycles. The SMILES string of the molecule is c1ccc(-c2nn[nH]n2)c(-c2ccc(Cn3c(C4CC4)nc4cccnc43)cc2)c1. The van der Waals surface area contributed by atoms with Gasteiger partial charge in [-0.2, -0.15) is 5.21 Å². The number of H-pyrrole nitrogens is 1. The summed E-state index contributed by atoms with van der Waals surface area (Å²) in [5.41, 5.74) is 6.33. The van der Waals surface area contributed by atoms with E-state index in [1.54, 1.807) is 0 Å². The Kier molecular flexibility index (Phi) is 3.90. The topological polar surface area (TPSA) is 85.2 Å². The smallest absolute Gasteiger partial charge is 0.205 e. The fourth-order valence-electron chi connectivity index (χ4n) is 3.96. The van der Waals surface area contributed by atoms with Gasteiger partial charge in [0, 0.05) is 17.7 Å². The van der Waals surface area contributed by atoms with Gasteiger partial charge in [0.2, 0.25) is 5.82 Å². The highest BCUT2D eigenvalue weighted by Crippen LogP contribution is 2.40. The molecule has 1 aliphatic carbocycles. The quantitative estimate of drug-likeness (QED) is 0.484. The number of imidazole rings is 1. The maximum Gasteiger partial charge on any atom is 0.205 e. The second kappa shape index (κ2) is 6.88. The van der Waals surface area contributed by atoms with Gasteiger partial charge < -0.3 is 4.57 Å². The lowest BCUT2D eigenvalue weighted by atomic mass is 9.98. The number of tetrazole rings is 1. The fraction of sp³-hybridized carbons (Fsp3) is 0.174. The zero-order valence-electron chi connectivity index (χ0n) is 16.2. The Hall–Kier alpha value is -3.87. The van der Waals surface area contributed by atoms with E-state index >= 15 is 0 Å². The van der Waals surface area contributed by atoms with Crippen molar-refractivity contribution in [1.82, 2.24) is 35.2 Å². The van der Waals surface area contributed by atoms with Crippen LogP contribution in [0, 0.1) is 0 Å². The van der Waals surface area contributed by atoms with Crippen molar-refractivity contribution in [3.63, 3.8) is 0 Å². The molecule has 5 aromatic rings. The van der Waals surface area contributed by atoms with E-state index in [-0.39, 0.29) is 0 Å².